The molecule has 0 bridgehead atoms. The highest BCUT2D eigenvalue weighted by Gasteiger charge is 2.33. The number of ether oxygens (including phenoxy) is 1. The number of benzene rings is 1. The van der Waals surface area contributed by atoms with E-state index in [1.54, 1.807) is 7.11 Å². The molecule has 1 aromatic rings. The molecule has 1 aromatic carbocycles. The number of nitrogens with two attached hydrogens (primary N) is 1. The summed E-state index contributed by atoms with van der Waals surface area (Å²) in [6.07, 6.45) is 4.10. The van der Waals surface area contributed by atoms with E-state index in [-0.39, 0.29) is 12.1 Å². The van der Waals surface area contributed by atoms with Gasteiger partial charge in [0, 0.05) is 11.6 Å². The Morgan fingerprint density at radius 1 is 1.50 bits per heavy atom. The maximum Gasteiger partial charge on any atom is 0.119 e. The van der Waals surface area contributed by atoms with Gasteiger partial charge in [-0.1, -0.05) is 6.07 Å². The van der Waals surface area contributed by atoms with Gasteiger partial charge in [0.05, 0.1) is 25.9 Å². The van der Waals surface area contributed by atoms with Gasteiger partial charge in [-0.3, -0.25) is 5.01 Å². The van der Waals surface area contributed by atoms with Crippen molar-refractivity contribution >= 4 is 12.3 Å². The van der Waals surface area contributed by atoms with Gasteiger partial charge in [0.1, 0.15) is 5.75 Å². The lowest BCUT2D eigenvalue weighted by Crippen LogP contribution is -2.32. The van der Waals surface area contributed by atoms with E-state index >= 15 is 0 Å². The molecule has 1 aliphatic heterocycles. The van der Waals surface area contributed by atoms with Crippen molar-refractivity contribution in [3.8, 4) is 5.75 Å². The second-order valence-electron chi connectivity index (χ2n) is 4.89. The molecule has 2 N–H and O–H groups in total. The summed E-state index contributed by atoms with van der Waals surface area (Å²) >= 11 is 0. The number of rotatable bonds is 3. The van der Waals surface area contributed by atoms with Crippen molar-refractivity contribution in [2.45, 2.75) is 19.0 Å². The average Bonchev–Trinajstić information content (AvgIpc) is 2.87. The Kier molecular flexibility index (Phi) is 2.59. The molecule has 2 unspecified atom stereocenters. The second kappa shape index (κ2) is 4.14. The predicted molar refractivity (Wildman–Crippen MR) is 72.6 cm³/mol. The lowest BCUT2D eigenvalue weighted by atomic mass is 10.0. The van der Waals surface area contributed by atoms with Crippen molar-refractivity contribution < 1.29 is 4.74 Å². The zero-order valence-corrected chi connectivity index (χ0v) is 10.6. The van der Waals surface area contributed by atoms with Crippen molar-refractivity contribution in [2.75, 3.05) is 13.7 Å². The van der Waals surface area contributed by atoms with Gasteiger partial charge in [0.2, 0.25) is 0 Å². The minimum Gasteiger partial charge on any atom is -0.497 e. The smallest absolute Gasteiger partial charge is 0.119 e. The Labute approximate surface area is 107 Å². The van der Waals surface area contributed by atoms with E-state index in [4.69, 9.17) is 10.5 Å². The van der Waals surface area contributed by atoms with Crippen molar-refractivity contribution in [1.29, 1.82) is 0 Å². The predicted octanol–water partition coefficient (Wildman–Crippen LogP) is 1.78. The number of hydrogen-bond acceptors (Lipinski definition) is 4. The molecule has 1 heterocycles. The standard InChI is InChI=1S/C14H17N3O/c1-9(15)8-17-14-11(7-16-17)5-10-6-12(18-2)3-4-13(10)14/h3-7,9,14H,8,15H2,1-2H3. The van der Waals surface area contributed by atoms with Crippen LogP contribution < -0.4 is 10.5 Å². The van der Waals surface area contributed by atoms with Crippen LogP contribution in [0.3, 0.4) is 0 Å². The van der Waals surface area contributed by atoms with Gasteiger partial charge in [0.25, 0.3) is 0 Å². The van der Waals surface area contributed by atoms with Crippen LogP contribution in [-0.4, -0.2) is 30.9 Å². The Morgan fingerprint density at radius 2 is 2.33 bits per heavy atom. The first-order chi connectivity index (χ1) is 8.69. The highest BCUT2D eigenvalue weighted by Crippen LogP contribution is 2.42. The molecule has 0 radical (unpaired) electrons. The van der Waals surface area contributed by atoms with Crippen molar-refractivity contribution in [3.63, 3.8) is 0 Å². The molecule has 0 saturated carbocycles. The zero-order chi connectivity index (χ0) is 12.7. The molecule has 4 heteroatoms. The number of hydrogen-bond donors (Lipinski definition) is 1. The molecule has 0 saturated heterocycles. The number of hydrazone groups is 1. The van der Waals surface area contributed by atoms with Crippen LogP contribution in [0.2, 0.25) is 0 Å². The molecule has 0 fully saturated rings. The second-order valence-corrected chi connectivity index (χ2v) is 4.89. The van der Waals surface area contributed by atoms with Gasteiger partial charge in [-0.25, -0.2) is 0 Å². The molecule has 3 rings (SSSR count). The van der Waals surface area contributed by atoms with E-state index in [0.29, 0.717) is 0 Å². The molecule has 0 amide bonds. The largest absolute Gasteiger partial charge is 0.497 e. The van der Waals surface area contributed by atoms with E-state index in [0.717, 1.165) is 12.3 Å². The quantitative estimate of drug-likeness (QED) is 0.880. The van der Waals surface area contributed by atoms with Gasteiger partial charge in [-0.2, -0.15) is 5.10 Å². The fourth-order valence-corrected chi connectivity index (χ4v) is 2.59. The average molecular weight is 243 g/mol. The van der Waals surface area contributed by atoms with E-state index in [1.165, 1.54) is 16.7 Å². The van der Waals surface area contributed by atoms with E-state index in [1.807, 2.05) is 19.2 Å². The monoisotopic (exact) mass is 243 g/mol. The van der Waals surface area contributed by atoms with Crippen molar-refractivity contribution in [3.05, 3.63) is 34.9 Å². The highest BCUT2D eigenvalue weighted by atomic mass is 16.5. The number of nitrogens with zero attached hydrogens (tertiary/aromatic N) is 2. The summed E-state index contributed by atoms with van der Waals surface area (Å²) in [6, 6.07) is 6.53. The van der Waals surface area contributed by atoms with Crippen LogP contribution in [0.5, 0.6) is 5.75 Å². The van der Waals surface area contributed by atoms with Crippen LogP contribution in [0.4, 0.5) is 0 Å². The molecular weight excluding hydrogens is 226 g/mol. The van der Waals surface area contributed by atoms with Crippen LogP contribution in [0.15, 0.2) is 28.9 Å². The van der Waals surface area contributed by atoms with Crippen molar-refractivity contribution in [2.24, 2.45) is 10.8 Å². The molecule has 1 aliphatic carbocycles. The summed E-state index contributed by atoms with van der Waals surface area (Å²) < 4.78 is 5.26. The van der Waals surface area contributed by atoms with E-state index in [9.17, 15) is 0 Å². The maximum atomic E-state index is 5.87. The SMILES string of the molecule is COc1ccc2c(c1)C=C1C=NN(CC(C)N)C12. The van der Waals surface area contributed by atoms with Gasteiger partial charge in [-0.05, 0) is 36.3 Å². The molecule has 94 valence electrons. The summed E-state index contributed by atoms with van der Waals surface area (Å²) in [5.74, 6) is 0.890. The fourth-order valence-electron chi connectivity index (χ4n) is 2.59. The van der Waals surface area contributed by atoms with Gasteiger partial charge in [0.15, 0.2) is 0 Å². The fraction of sp³-hybridized carbons (Fsp3) is 0.357. The zero-order valence-electron chi connectivity index (χ0n) is 10.6. The normalized spacial score (nSPS) is 21.6. The number of methoxy groups -OCH3 is 1. The molecule has 18 heavy (non-hydrogen) atoms. The van der Waals surface area contributed by atoms with Crippen LogP contribution in [-0.2, 0) is 0 Å². The topological polar surface area (TPSA) is 50.8 Å². The highest BCUT2D eigenvalue weighted by molar-refractivity contribution is 5.93. The first-order valence-corrected chi connectivity index (χ1v) is 6.15. The first-order valence-electron chi connectivity index (χ1n) is 6.15. The summed E-state index contributed by atoms with van der Waals surface area (Å²) in [7, 11) is 1.69. The first kappa shape index (κ1) is 11.3. The Balaban J connectivity index is 1.94. The third-order valence-corrected chi connectivity index (χ3v) is 3.35. The minimum atomic E-state index is 0.115. The summed E-state index contributed by atoms with van der Waals surface area (Å²) in [4.78, 5) is 0. The Hall–Kier alpha value is -1.81. The van der Waals surface area contributed by atoms with Crippen LogP contribution in [0, 0.1) is 0 Å². The molecule has 2 atom stereocenters. The van der Waals surface area contributed by atoms with E-state index < -0.39 is 0 Å². The van der Waals surface area contributed by atoms with Crippen molar-refractivity contribution in [1.82, 2.24) is 5.01 Å². The summed E-state index contributed by atoms with van der Waals surface area (Å²) in [5, 5.41) is 6.49. The molecule has 2 aliphatic rings. The lowest BCUT2D eigenvalue weighted by molar-refractivity contribution is 0.244. The van der Waals surface area contributed by atoms with Gasteiger partial charge in [-0.15, -0.1) is 0 Å². The third kappa shape index (κ3) is 1.69. The lowest BCUT2D eigenvalue weighted by Gasteiger charge is -2.24. The van der Waals surface area contributed by atoms with E-state index in [2.05, 4.69) is 28.3 Å². The summed E-state index contributed by atoms with van der Waals surface area (Å²) in [6.45, 7) is 2.77. The number of fused-ring (bicyclic) bond motifs is 3. The molecular formula is C14H17N3O. The molecule has 0 aromatic heterocycles. The van der Waals surface area contributed by atoms with Crippen LogP contribution >= 0.6 is 0 Å². The van der Waals surface area contributed by atoms with Crippen LogP contribution in [0.25, 0.3) is 6.08 Å². The Morgan fingerprint density at radius 3 is 3.06 bits per heavy atom. The Bertz CT molecular complexity index is 534. The van der Waals surface area contributed by atoms with Gasteiger partial charge < -0.3 is 10.5 Å². The van der Waals surface area contributed by atoms with Crippen LogP contribution in [0.1, 0.15) is 24.1 Å². The minimum absolute atomic E-state index is 0.115. The summed E-state index contributed by atoms with van der Waals surface area (Å²) in [5.41, 5.74) is 9.60. The maximum absolute atomic E-state index is 5.87. The third-order valence-electron chi connectivity index (χ3n) is 3.35. The van der Waals surface area contributed by atoms with Gasteiger partial charge >= 0.3 is 0 Å². The molecule has 4 nitrogen and oxygen atoms in total. The molecule has 0 spiro atoms.